The second-order valence-electron chi connectivity index (χ2n) is 5.95. The van der Waals surface area contributed by atoms with Crippen molar-refractivity contribution < 1.29 is 4.79 Å². The SMILES string of the molecule is CC(=O)Nc1ccc(-c2csc(C(C#N)=C3CCCCC3)n2)cc1. The van der Waals surface area contributed by atoms with E-state index in [9.17, 15) is 10.1 Å². The maximum atomic E-state index is 11.1. The Bertz CT molecular complexity index is 804. The molecule has 0 atom stereocenters. The molecule has 0 bridgehead atoms. The van der Waals surface area contributed by atoms with E-state index < -0.39 is 0 Å². The molecule has 0 radical (unpaired) electrons. The van der Waals surface area contributed by atoms with E-state index in [1.54, 1.807) is 0 Å². The van der Waals surface area contributed by atoms with Crippen LogP contribution in [0.5, 0.6) is 0 Å². The van der Waals surface area contributed by atoms with Gasteiger partial charge in [-0.1, -0.05) is 18.6 Å². The first-order valence-corrected chi connectivity index (χ1v) is 9.01. The van der Waals surface area contributed by atoms with E-state index in [1.807, 2.05) is 29.6 Å². The predicted molar refractivity (Wildman–Crippen MR) is 97.5 cm³/mol. The first kappa shape index (κ1) is 16.4. The van der Waals surface area contributed by atoms with Crippen LogP contribution in [-0.4, -0.2) is 10.9 Å². The number of allylic oxidation sites excluding steroid dienone is 2. The molecule has 122 valence electrons. The van der Waals surface area contributed by atoms with Crippen molar-refractivity contribution in [2.24, 2.45) is 0 Å². The van der Waals surface area contributed by atoms with Crippen LogP contribution in [0.1, 0.15) is 44.0 Å². The van der Waals surface area contributed by atoms with Crippen LogP contribution in [0.4, 0.5) is 5.69 Å². The number of amides is 1. The van der Waals surface area contributed by atoms with E-state index in [0.29, 0.717) is 0 Å². The Hall–Kier alpha value is -2.45. The third-order valence-electron chi connectivity index (χ3n) is 4.14. The molecular formula is C19H19N3OS. The van der Waals surface area contributed by atoms with Crippen LogP contribution >= 0.6 is 11.3 Å². The zero-order valence-corrected chi connectivity index (χ0v) is 14.4. The standard InChI is InChI=1S/C19H19N3OS/c1-13(23)21-16-9-7-15(8-10-16)18-12-24-19(22-18)17(11-20)14-5-3-2-4-6-14/h7-10,12H,2-6H2,1H3,(H,21,23). The van der Waals surface area contributed by atoms with Crippen LogP contribution in [0.3, 0.4) is 0 Å². The Kier molecular flexibility index (Phi) is 5.07. The van der Waals surface area contributed by atoms with E-state index in [2.05, 4.69) is 16.4 Å². The number of thiazole rings is 1. The van der Waals surface area contributed by atoms with E-state index in [4.69, 9.17) is 0 Å². The van der Waals surface area contributed by atoms with Gasteiger partial charge in [0.15, 0.2) is 0 Å². The zero-order chi connectivity index (χ0) is 16.9. The van der Waals surface area contributed by atoms with Gasteiger partial charge in [0.2, 0.25) is 5.91 Å². The number of carbonyl (C=O) groups is 1. The van der Waals surface area contributed by atoms with E-state index in [0.717, 1.165) is 40.4 Å². The third-order valence-corrected chi connectivity index (χ3v) is 5.00. The lowest BCUT2D eigenvalue weighted by molar-refractivity contribution is -0.114. The van der Waals surface area contributed by atoms with Crippen molar-refractivity contribution in [2.45, 2.75) is 39.0 Å². The molecule has 1 aromatic heterocycles. The van der Waals surface area contributed by atoms with Crippen molar-refractivity contribution in [3.05, 3.63) is 40.2 Å². The topological polar surface area (TPSA) is 65.8 Å². The molecule has 3 rings (SSSR count). The van der Waals surface area contributed by atoms with Crippen molar-refractivity contribution in [3.8, 4) is 17.3 Å². The Morgan fingerprint density at radius 1 is 1.21 bits per heavy atom. The minimum atomic E-state index is -0.0866. The van der Waals surface area contributed by atoms with Crippen molar-refractivity contribution in [1.29, 1.82) is 5.26 Å². The van der Waals surface area contributed by atoms with Gasteiger partial charge in [0.25, 0.3) is 0 Å². The second-order valence-corrected chi connectivity index (χ2v) is 6.81. The fourth-order valence-corrected chi connectivity index (χ4v) is 3.83. The molecule has 2 aromatic rings. The minimum Gasteiger partial charge on any atom is -0.326 e. The molecule has 1 aromatic carbocycles. The van der Waals surface area contributed by atoms with E-state index in [-0.39, 0.29) is 5.91 Å². The molecule has 0 spiro atoms. The summed E-state index contributed by atoms with van der Waals surface area (Å²) >= 11 is 1.52. The van der Waals surface area contributed by atoms with Gasteiger partial charge in [-0.05, 0) is 43.4 Å². The van der Waals surface area contributed by atoms with Crippen LogP contribution < -0.4 is 5.32 Å². The molecule has 1 N–H and O–H groups in total. The molecule has 4 nitrogen and oxygen atoms in total. The monoisotopic (exact) mass is 337 g/mol. The first-order chi connectivity index (χ1) is 11.7. The highest BCUT2D eigenvalue weighted by Gasteiger charge is 2.16. The fourth-order valence-electron chi connectivity index (χ4n) is 2.96. The minimum absolute atomic E-state index is 0.0866. The lowest BCUT2D eigenvalue weighted by atomic mass is 9.91. The van der Waals surface area contributed by atoms with Crippen LogP contribution in [-0.2, 0) is 4.79 Å². The molecule has 24 heavy (non-hydrogen) atoms. The predicted octanol–water partition coefficient (Wildman–Crippen LogP) is 5.01. The molecule has 0 aliphatic heterocycles. The van der Waals surface area contributed by atoms with Gasteiger partial charge < -0.3 is 5.32 Å². The van der Waals surface area contributed by atoms with Gasteiger partial charge in [-0.15, -0.1) is 11.3 Å². The average Bonchev–Trinajstić information content (AvgIpc) is 3.06. The number of nitrogens with zero attached hydrogens (tertiary/aromatic N) is 2. The van der Waals surface area contributed by atoms with E-state index >= 15 is 0 Å². The maximum absolute atomic E-state index is 11.1. The number of hydrogen-bond donors (Lipinski definition) is 1. The summed E-state index contributed by atoms with van der Waals surface area (Å²) in [6, 6.07) is 9.96. The lowest BCUT2D eigenvalue weighted by Crippen LogP contribution is -2.05. The molecule has 5 heteroatoms. The summed E-state index contributed by atoms with van der Waals surface area (Å²) in [6.45, 7) is 1.49. The molecule has 1 aliphatic carbocycles. The number of carbonyl (C=O) groups excluding carboxylic acids is 1. The van der Waals surface area contributed by atoms with Gasteiger partial charge in [0, 0.05) is 23.6 Å². The van der Waals surface area contributed by atoms with Crippen molar-refractivity contribution in [3.63, 3.8) is 0 Å². The Balaban J connectivity index is 1.85. The Labute approximate surface area is 145 Å². The molecular weight excluding hydrogens is 318 g/mol. The summed E-state index contributed by atoms with van der Waals surface area (Å²) in [6.07, 6.45) is 5.63. The number of aromatic nitrogens is 1. The third kappa shape index (κ3) is 3.72. The molecule has 1 saturated carbocycles. The second kappa shape index (κ2) is 7.41. The summed E-state index contributed by atoms with van der Waals surface area (Å²) in [5.41, 5.74) is 4.64. The highest BCUT2D eigenvalue weighted by Crippen LogP contribution is 2.33. The van der Waals surface area contributed by atoms with Crippen LogP contribution in [0.25, 0.3) is 16.8 Å². The lowest BCUT2D eigenvalue weighted by Gasteiger charge is -2.14. The van der Waals surface area contributed by atoms with Crippen LogP contribution in [0, 0.1) is 11.3 Å². The smallest absolute Gasteiger partial charge is 0.221 e. The number of nitriles is 1. The maximum Gasteiger partial charge on any atom is 0.221 e. The highest BCUT2D eigenvalue weighted by atomic mass is 32.1. The summed E-state index contributed by atoms with van der Waals surface area (Å²) in [7, 11) is 0. The molecule has 1 heterocycles. The normalized spacial score (nSPS) is 14.1. The number of anilines is 1. The van der Waals surface area contributed by atoms with Crippen molar-refractivity contribution in [2.75, 3.05) is 5.32 Å². The molecule has 1 amide bonds. The quantitative estimate of drug-likeness (QED) is 0.801. The van der Waals surface area contributed by atoms with Crippen LogP contribution in [0.15, 0.2) is 35.2 Å². The van der Waals surface area contributed by atoms with Gasteiger partial charge >= 0.3 is 0 Å². The molecule has 1 aliphatic rings. The molecule has 0 saturated heterocycles. The van der Waals surface area contributed by atoms with Gasteiger partial charge in [-0.3, -0.25) is 4.79 Å². The zero-order valence-electron chi connectivity index (χ0n) is 13.6. The molecule has 0 unspecified atom stereocenters. The summed E-state index contributed by atoms with van der Waals surface area (Å²) < 4.78 is 0. The van der Waals surface area contributed by atoms with Crippen molar-refractivity contribution >= 4 is 28.5 Å². The number of benzene rings is 1. The summed E-state index contributed by atoms with van der Waals surface area (Å²) in [4.78, 5) is 15.7. The average molecular weight is 337 g/mol. The van der Waals surface area contributed by atoms with Gasteiger partial charge in [0.05, 0.1) is 11.3 Å². The Morgan fingerprint density at radius 3 is 2.54 bits per heavy atom. The summed E-state index contributed by atoms with van der Waals surface area (Å²) in [5.74, 6) is -0.0866. The van der Waals surface area contributed by atoms with Gasteiger partial charge in [-0.2, -0.15) is 5.26 Å². The Morgan fingerprint density at radius 2 is 1.92 bits per heavy atom. The van der Waals surface area contributed by atoms with Crippen LogP contribution in [0.2, 0.25) is 0 Å². The summed E-state index contributed by atoms with van der Waals surface area (Å²) in [5, 5.41) is 15.1. The van der Waals surface area contributed by atoms with E-state index in [1.165, 1.54) is 43.1 Å². The first-order valence-electron chi connectivity index (χ1n) is 8.13. The highest BCUT2D eigenvalue weighted by molar-refractivity contribution is 7.11. The molecule has 1 fully saturated rings. The number of rotatable bonds is 3. The number of hydrogen-bond acceptors (Lipinski definition) is 4. The van der Waals surface area contributed by atoms with Gasteiger partial charge in [0.1, 0.15) is 11.1 Å². The largest absolute Gasteiger partial charge is 0.326 e. The fraction of sp³-hybridized carbons (Fsp3) is 0.316. The number of nitrogens with one attached hydrogen (secondary N) is 1. The van der Waals surface area contributed by atoms with Gasteiger partial charge in [-0.25, -0.2) is 4.98 Å². The van der Waals surface area contributed by atoms with Crippen molar-refractivity contribution in [1.82, 2.24) is 4.98 Å².